The number of ether oxygens (including phenoxy) is 1. The molecule has 40 heavy (non-hydrogen) atoms. The topological polar surface area (TPSA) is 102 Å². The number of benzene rings is 2. The van der Waals surface area contributed by atoms with Crippen molar-refractivity contribution in [3.63, 3.8) is 0 Å². The molecule has 8 nitrogen and oxygen atoms in total. The maximum Gasteiger partial charge on any atom is 0.259 e. The quantitative estimate of drug-likeness (QED) is 0.258. The Morgan fingerprint density at radius 1 is 1.15 bits per heavy atom. The van der Waals surface area contributed by atoms with Crippen LogP contribution in [0.3, 0.4) is 0 Å². The van der Waals surface area contributed by atoms with Crippen molar-refractivity contribution < 1.29 is 9.53 Å². The first-order valence-electron chi connectivity index (χ1n) is 13.8. The van der Waals surface area contributed by atoms with Crippen molar-refractivity contribution in [1.29, 1.82) is 5.26 Å². The van der Waals surface area contributed by atoms with Gasteiger partial charge in [-0.3, -0.25) is 14.2 Å². The predicted octanol–water partition coefficient (Wildman–Crippen LogP) is 5.23. The molecule has 0 unspecified atom stereocenters. The smallest absolute Gasteiger partial charge is 0.259 e. The molecule has 5 rings (SSSR count). The van der Waals surface area contributed by atoms with Gasteiger partial charge in [0.05, 0.1) is 23.4 Å². The number of aromatic nitrogens is 4. The van der Waals surface area contributed by atoms with Crippen LogP contribution in [0.4, 0.5) is 0 Å². The molecule has 2 aromatic carbocycles. The second-order valence-corrected chi connectivity index (χ2v) is 10.3. The number of carbonyl (C=O) groups is 1. The second kappa shape index (κ2) is 12.2. The van der Waals surface area contributed by atoms with E-state index in [1.165, 1.54) is 12.4 Å². The summed E-state index contributed by atoms with van der Waals surface area (Å²) in [6.45, 7) is 5.64. The molecular weight excluding hydrogens is 502 g/mol. The molecule has 1 saturated carbocycles. The van der Waals surface area contributed by atoms with E-state index in [1.54, 1.807) is 0 Å². The Morgan fingerprint density at radius 3 is 2.60 bits per heavy atom. The summed E-state index contributed by atoms with van der Waals surface area (Å²) in [5.74, 6) is 0.453. The fourth-order valence-electron chi connectivity index (χ4n) is 5.65. The lowest BCUT2D eigenvalue weighted by Crippen LogP contribution is -2.35. The highest BCUT2D eigenvalue weighted by Crippen LogP contribution is 2.31. The van der Waals surface area contributed by atoms with E-state index in [0.717, 1.165) is 66.5 Å². The van der Waals surface area contributed by atoms with Crippen LogP contribution in [0.5, 0.6) is 0 Å². The summed E-state index contributed by atoms with van der Waals surface area (Å²) in [5, 5.41) is 14.0. The summed E-state index contributed by atoms with van der Waals surface area (Å²) in [4.78, 5) is 30.2. The normalized spacial score (nSPS) is 17.0. The number of hydrogen-bond acceptors (Lipinski definition) is 6. The van der Waals surface area contributed by atoms with Gasteiger partial charge in [0.25, 0.3) is 5.56 Å². The molecule has 2 aromatic heterocycles. The molecule has 0 amide bonds. The largest absolute Gasteiger partial charge is 0.370 e. The molecule has 0 saturated heterocycles. The molecule has 0 bridgehead atoms. The summed E-state index contributed by atoms with van der Waals surface area (Å²) < 4.78 is 9.43. The van der Waals surface area contributed by atoms with Crippen molar-refractivity contribution in [3.05, 3.63) is 100 Å². The molecule has 1 aliphatic carbocycles. The van der Waals surface area contributed by atoms with Gasteiger partial charge in [0, 0.05) is 18.0 Å². The van der Waals surface area contributed by atoms with E-state index in [2.05, 4.69) is 29.7 Å². The van der Waals surface area contributed by atoms with E-state index in [1.807, 2.05) is 57.6 Å². The highest BCUT2D eigenvalue weighted by atomic mass is 16.5. The van der Waals surface area contributed by atoms with Gasteiger partial charge in [-0.1, -0.05) is 62.4 Å². The molecule has 1 fully saturated rings. The molecule has 1 aliphatic rings. The Morgan fingerprint density at radius 2 is 1.90 bits per heavy atom. The number of ketones is 1. The Kier molecular flexibility index (Phi) is 8.32. The SMILES string of the molecule is C=CC(=O)COC1CCC(n2c(=O)c(Cc3ccc(-c4ccccc4C#N)cc3)c(CCC)n3ncnc23)CC1. The zero-order valence-electron chi connectivity index (χ0n) is 22.8. The van der Waals surface area contributed by atoms with Gasteiger partial charge in [-0.15, -0.1) is 0 Å². The molecule has 0 aliphatic heterocycles. The molecule has 0 atom stereocenters. The molecule has 8 heteroatoms. The van der Waals surface area contributed by atoms with Crippen molar-refractivity contribution in [3.8, 4) is 17.2 Å². The minimum absolute atomic E-state index is 0.00624. The maximum atomic E-state index is 14.1. The summed E-state index contributed by atoms with van der Waals surface area (Å²) in [6, 6.07) is 17.9. The first kappa shape index (κ1) is 27.2. The highest BCUT2D eigenvalue weighted by Gasteiger charge is 2.28. The van der Waals surface area contributed by atoms with Crippen LogP contribution < -0.4 is 5.56 Å². The van der Waals surface area contributed by atoms with Crippen molar-refractivity contribution in [2.45, 2.75) is 64.0 Å². The number of aryl methyl sites for hydroxylation is 1. The second-order valence-electron chi connectivity index (χ2n) is 10.3. The van der Waals surface area contributed by atoms with E-state index in [0.29, 0.717) is 17.8 Å². The number of carbonyl (C=O) groups excluding carboxylic acids is 1. The van der Waals surface area contributed by atoms with E-state index in [9.17, 15) is 14.9 Å². The molecule has 0 spiro atoms. The average molecular weight is 536 g/mol. The summed E-state index contributed by atoms with van der Waals surface area (Å²) in [7, 11) is 0. The Labute approximate surface area is 233 Å². The Hall–Kier alpha value is -4.35. The van der Waals surface area contributed by atoms with Gasteiger partial charge in [0.15, 0.2) is 5.78 Å². The monoisotopic (exact) mass is 535 g/mol. The fourth-order valence-corrected chi connectivity index (χ4v) is 5.65. The van der Waals surface area contributed by atoms with Gasteiger partial charge in [0.1, 0.15) is 12.9 Å². The number of nitriles is 1. The van der Waals surface area contributed by atoms with E-state index in [-0.39, 0.29) is 30.1 Å². The molecule has 2 heterocycles. The molecular formula is C32H33N5O3. The molecule has 204 valence electrons. The minimum Gasteiger partial charge on any atom is -0.370 e. The number of hydrogen-bond donors (Lipinski definition) is 0. The first-order valence-corrected chi connectivity index (χ1v) is 13.8. The third-order valence-corrected chi connectivity index (χ3v) is 7.70. The van der Waals surface area contributed by atoms with E-state index < -0.39 is 0 Å². The van der Waals surface area contributed by atoms with Crippen LogP contribution in [0, 0.1) is 11.3 Å². The summed E-state index contributed by atoms with van der Waals surface area (Å²) >= 11 is 0. The first-order chi connectivity index (χ1) is 19.5. The lowest BCUT2D eigenvalue weighted by molar-refractivity contribution is -0.121. The van der Waals surface area contributed by atoms with Crippen LogP contribution in [-0.4, -0.2) is 37.7 Å². The van der Waals surface area contributed by atoms with Gasteiger partial charge in [-0.05, 0) is 60.9 Å². The van der Waals surface area contributed by atoms with Gasteiger partial charge < -0.3 is 4.74 Å². The van der Waals surface area contributed by atoms with Crippen molar-refractivity contribution in [2.24, 2.45) is 0 Å². The van der Waals surface area contributed by atoms with Gasteiger partial charge >= 0.3 is 0 Å². The standard InChI is InChI=1S/C32H33N5O3/c1-3-7-30-29(18-22-10-12-23(13-11-22)28-9-6-5-8-24(28)19-33)31(39)36(32-34-21-35-37(30)32)25-14-16-27(17-15-25)40-20-26(38)4-2/h4-6,8-13,21,25,27H,2-3,7,14-18,20H2,1H3. The zero-order chi connectivity index (χ0) is 28.1. The third kappa shape index (κ3) is 5.51. The van der Waals surface area contributed by atoms with Gasteiger partial charge in [-0.25, -0.2) is 4.52 Å². The van der Waals surface area contributed by atoms with Gasteiger partial charge in [-0.2, -0.15) is 15.3 Å². The van der Waals surface area contributed by atoms with E-state index in [4.69, 9.17) is 4.74 Å². The zero-order valence-corrected chi connectivity index (χ0v) is 22.8. The fraction of sp³-hybridized carbons (Fsp3) is 0.344. The lowest BCUT2D eigenvalue weighted by atomic mass is 9.92. The minimum atomic E-state index is -0.123. The van der Waals surface area contributed by atoms with E-state index >= 15 is 0 Å². The Balaban J connectivity index is 1.45. The van der Waals surface area contributed by atoms with Crippen LogP contribution >= 0.6 is 0 Å². The van der Waals surface area contributed by atoms with Crippen molar-refractivity contribution in [1.82, 2.24) is 19.2 Å². The van der Waals surface area contributed by atoms with Crippen molar-refractivity contribution in [2.75, 3.05) is 6.61 Å². The molecule has 4 aromatic rings. The van der Waals surface area contributed by atoms with Crippen LogP contribution in [0.25, 0.3) is 16.9 Å². The van der Waals surface area contributed by atoms with Crippen LogP contribution in [0.1, 0.15) is 67.5 Å². The summed E-state index contributed by atoms with van der Waals surface area (Å²) in [6.07, 6.45) is 7.91. The predicted molar refractivity (Wildman–Crippen MR) is 153 cm³/mol. The third-order valence-electron chi connectivity index (χ3n) is 7.70. The van der Waals surface area contributed by atoms with Gasteiger partial charge in [0.2, 0.25) is 5.78 Å². The van der Waals surface area contributed by atoms with Crippen LogP contribution in [0.2, 0.25) is 0 Å². The Bertz CT molecular complexity index is 1620. The number of rotatable bonds is 10. The number of nitrogens with zero attached hydrogens (tertiary/aromatic N) is 5. The average Bonchev–Trinajstić information content (AvgIpc) is 3.48. The lowest BCUT2D eigenvalue weighted by Gasteiger charge is -2.30. The number of fused-ring (bicyclic) bond motifs is 1. The molecule has 0 radical (unpaired) electrons. The van der Waals surface area contributed by atoms with Crippen LogP contribution in [0.15, 0.2) is 72.3 Å². The van der Waals surface area contributed by atoms with Crippen molar-refractivity contribution >= 4 is 11.6 Å². The molecule has 0 N–H and O–H groups in total. The van der Waals surface area contributed by atoms with Crippen LogP contribution in [-0.2, 0) is 22.4 Å². The maximum absolute atomic E-state index is 14.1. The summed E-state index contributed by atoms with van der Waals surface area (Å²) in [5.41, 5.74) is 5.12. The highest BCUT2D eigenvalue weighted by molar-refractivity contribution is 5.90.